The average molecular weight is 737 g/mol. The Labute approximate surface area is 306 Å². The first-order valence-corrected chi connectivity index (χ1v) is 19.4. The number of furan rings is 1. The SMILES string of the molecule is Cc1cccc(C)c1-c1cc(OC[C@@H](CC(=O)C23CC(C2)C3)NCc2cnc3oc(C4CCC4)cc3n2)nc(NS(=O)(=O)c2cccc(C(=O)O)c2)n1. The lowest BCUT2D eigenvalue weighted by Gasteiger charge is -2.60. The lowest BCUT2D eigenvalue weighted by molar-refractivity contribution is -0.163. The molecule has 2 aromatic carbocycles. The summed E-state index contributed by atoms with van der Waals surface area (Å²) in [6.45, 7) is 4.25. The number of aromatic carboxylic acids is 1. The van der Waals surface area contributed by atoms with Gasteiger partial charge < -0.3 is 19.6 Å². The van der Waals surface area contributed by atoms with Crippen molar-refractivity contribution in [3.05, 3.63) is 88.9 Å². The number of carboxylic acids is 1. The summed E-state index contributed by atoms with van der Waals surface area (Å²) in [5.41, 5.74) is 4.55. The highest BCUT2D eigenvalue weighted by molar-refractivity contribution is 7.92. The van der Waals surface area contributed by atoms with Crippen LogP contribution in [0.25, 0.3) is 22.5 Å². The maximum absolute atomic E-state index is 13.5. The zero-order valence-corrected chi connectivity index (χ0v) is 30.3. The molecule has 13 nitrogen and oxygen atoms in total. The smallest absolute Gasteiger partial charge is 0.335 e. The van der Waals surface area contributed by atoms with Crippen molar-refractivity contribution in [2.45, 2.75) is 82.2 Å². The third kappa shape index (κ3) is 7.00. The number of nitrogens with zero attached hydrogens (tertiary/aromatic N) is 4. The van der Waals surface area contributed by atoms with Crippen molar-refractivity contribution in [2.24, 2.45) is 11.3 Å². The predicted octanol–water partition coefficient (Wildman–Crippen LogP) is 6.36. The van der Waals surface area contributed by atoms with Crippen molar-refractivity contribution in [1.29, 1.82) is 0 Å². The number of carbonyl (C=O) groups excluding carboxylic acids is 1. The minimum atomic E-state index is -4.29. The van der Waals surface area contributed by atoms with E-state index >= 15 is 0 Å². The Morgan fingerprint density at radius 1 is 1.02 bits per heavy atom. The van der Waals surface area contributed by atoms with Gasteiger partial charge in [-0.15, -0.1) is 0 Å². The zero-order valence-electron chi connectivity index (χ0n) is 29.5. The van der Waals surface area contributed by atoms with Crippen molar-refractivity contribution in [1.82, 2.24) is 25.3 Å². The van der Waals surface area contributed by atoms with E-state index in [2.05, 4.69) is 25.0 Å². The van der Waals surface area contributed by atoms with Crippen LogP contribution in [0.15, 0.2) is 70.1 Å². The number of rotatable bonds is 15. The molecular formula is C39H40N6O7S. The van der Waals surface area contributed by atoms with Gasteiger partial charge in [0.2, 0.25) is 17.5 Å². The lowest BCUT2D eigenvalue weighted by Crippen LogP contribution is -2.58. The number of carboxylic acid groups (broad SMARTS) is 1. The van der Waals surface area contributed by atoms with Gasteiger partial charge in [0.1, 0.15) is 23.7 Å². The van der Waals surface area contributed by atoms with Gasteiger partial charge in [-0.05, 0) is 81.2 Å². The molecule has 9 rings (SSSR count). The number of ketones is 1. The number of aromatic nitrogens is 4. The van der Waals surface area contributed by atoms with E-state index in [4.69, 9.17) is 14.1 Å². The van der Waals surface area contributed by atoms with Gasteiger partial charge in [-0.2, -0.15) is 4.98 Å². The summed E-state index contributed by atoms with van der Waals surface area (Å²) in [6, 6.07) is 14.0. The lowest BCUT2D eigenvalue weighted by atomic mass is 9.42. The monoisotopic (exact) mass is 736 g/mol. The molecule has 3 aromatic heterocycles. The average Bonchev–Trinajstić information content (AvgIpc) is 3.46. The van der Waals surface area contributed by atoms with Crippen LogP contribution in [0, 0.1) is 25.2 Å². The summed E-state index contributed by atoms with van der Waals surface area (Å²) in [7, 11) is -4.29. The highest BCUT2D eigenvalue weighted by Crippen LogP contribution is 2.65. The molecule has 1 atom stereocenters. The van der Waals surface area contributed by atoms with E-state index in [9.17, 15) is 23.1 Å². The molecule has 0 aliphatic heterocycles. The molecule has 3 heterocycles. The van der Waals surface area contributed by atoms with Crippen LogP contribution < -0.4 is 14.8 Å². The van der Waals surface area contributed by atoms with Gasteiger partial charge >= 0.3 is 5.97 Å². The molecule has 274 valence electrons. The zero-order chi connectivity index (χ0) is 36.9. The summed E-state index contributed by atoms with van der Waals surface area (Å²) in [5, 5.41) is 12.9. The molecule has 14 heteroatoms. The van der Waals surface area contributed by atoms with E-state index in [-0.39, 0.29) is 46.5 Å². The minimum Gasteiger partial charge on any atom is -0.478 e. The summed E-state index contributed by atoms with van der Waals surface area (Å²) >= 11 is 0. The number of aryl methyl sites for hydroxylation is 2. The topological polar surface area (TPSA) is 186 Å². The first-order valence-electron chi connectivity index (χ1n) is 17.9. The molecular weight excluding hydrogens is 697 g/mol. The molecule has 4 saturated carbocycles. The van der Waals surface area contributed by atoms with E-state index in [0.29, 0.717) is 41.0 Å². The Bertz CT molecular complexity index is 2320. The molecule has 0 radical (unpaired) electrons. The summed E-state index contributed by atoms with van der Waals surface area (Å²) in [5.74, 6) is 0.803. The van der Waals surface area contributed by atoms with Gasteiger partial charge in [-0.1, -0.05) is 30.7 Å². The van der Waals surface area contributed by atoms with Crippen LogP contribution in [0.5, 0.6) is 5.88 Å². The fraction of sp³-hybridized carbons (Fsp3) is 0.385. The van der Waals surface area contributed by atoms with Crippen LogP contribution in [0.2, 0.25) is 0 Å². The summed E-state index contributed by atoms with van der Waals surface area (Å²) < 4.78 is 41.5. The maximum Gasteiger partial charge on any atom is 0.335 e. The number of sulfonamides is 1. The molecule has 53 heavy (non-hydrogen) atoms. The Morgan fingerprint density at radius 3 is 2.45 bits per heavy atom. The predicted molar refractivity (Wildman–Crippen MR) is 195 cm³/mol. The highest BCUT2D eigenvalue weighted by atomic mass is 32.2. The Balaban J connectivity index is 1.05. The van der Waals surface area contributed by atoms with E-state index in [1.165, 1.54) is 24.6 Å². The van der Waals surface area contributed by atoms with Gasteiger partial charge in [-0.25, -0.2) is 32.9 Å². The van der Waals surface area contributed by atoms with Crippen molar-refractivity contribution in [3.63, 3.8) is 0 Å². The van der Waals surface area contributed by atoms with Gasteiger partial charge in [0.25, 0.3) is 10.0 Å². The quantitative estimate of drug-likeness (QED) is 0.108. The fourth-order valence-corrected chi connectivity index (χ4v) is 8.60. The molecule has 0 amide bonds. The molecule has 0 saturated heterocycles. The highest BCUT2D eigenvalue weighted by Gasteiger charge is 2.60. The van der Waals surface area contributed by atoms with Gasteiger partial charge in [0.15, 0.2) is 0 Å². The Morgan fingerprint density at radius 2 is 1.77 bits per heavy atom. The van der Waals surface area contributed by atoms with Crippen LogP contribution in [0.3, 0.4) is 0 Å². The second kappa shape index (κ2) is 13.6. The molecule has 4 fully saturated rings. The molecule has 4 aliphatic rings. The summed E-state index contributed by atoms with van der Waals surface area (Å²) in [6.07, 6.45) is 8.16. The van der Waals surface area contributed by atoms with Crippen LogP contribution in [0.4, 0.5) is 5.95 Å². The Hall–Kier alpha value is -5.21. The molecule has 3 N–H and O–H groups in total. The number of carbonyl (C=O) groups is 2. The fourth-order valence-electron chi connectivity index (χ4n) is 7.61. The van der Waals surface area contributed by atoms with E-state index in [1.807, 2.05) is 38.1 Å². The number of hydrogen-bond acceptors (Lipinski definition) is 11. The van der Waals surface area contributed by atoms with E-state index in [0.717, 1.165) is 60.6 Å². The van der Waals surface area contributed by atoms with Gasteiger partial charge in [0.05, 0.1) is 28.0 Å². The van der Waals surface area contributed by atoms with Crippen molar-refractivity contribution in [2.75, 3.05) is 11.3 Å². The third-order valence-corrected chi connectivity index (χ3v) is 12.3. The Kier molecular flexibility index (Phi) is 8.97. The second-order valence-electron chi connectivity index (χ2n) is 14.7. The van der Waals surface area contributed by atoms with Gasteiger partial charge in [0, 0.05) is 48.0 Å². The largest absolute Gasteiger partial charge is 0.478 e. The van der Waals surface area contributed by atoms with Crippen molar-refractivity contribution in [3.8, 4) is 17.1 Å². The van der Waals surface area contributed by atoms with Crippen molar-refractivity contribution >= 4 is 39.0 Å². The number of nitrogens with one attached hydrogen (secondary N) is 2. The third-order valence-electron chi connectivity index (χ3n) is 10.9. The van der Waals surface area contributed by atoms with Crippen LogP contribution in [-0.4, -0.2) is 57.9 Å². The molecule has 0 spiro atoms. The second-order valence-corrected chi connectivity index (χ2v) is 16.4. The summed E-state index contributed by atoms with van der Waals surface area (Å²) in [4.78, 5) is 43.1. The van der Waals surface area contributed by atoms with Crippen molar-refractivity contribution < 1.29 is 32.3 Å². The van der Waals surface area contributed by atoms with Crippen LogP contribution >= 0.6 is 0 Å². The van der Waals surface area contributed by atoms with Crippen LogP contribution in [-0.2, 0) is 21.4 Å². The number of ether oxygens (including phenoxy) is 1. The van der Waals surface area contributed by atoms with E-state index in [1.54, 1.807) is 12.3 Å². The normalized spacial score (nSPS) is 19.8. The molecule has 5 aromatic rings. The number of hydrogen-bond donors (Lipinski definition) is 3. The van der Waals surface area contributed by atoms with E-state index < -0.39 is 22.0 Å². The first-order chi connectivity index (χ1) is 25.4. The molecule has 2 bridgehead atoms. The number of benzene rings is 2. The molecule has 0 unspecified atom stereocenters. The maximum atomic E-state index is 13.5. The minimum absolute atomic E-state index is 0.0501. The first kappa shape index (κ1) is 34.9. The standard InChI is InChI=1S/C39H40N6O7S/c1-22-6-3-7-23(2)35(22)30-15-34(44-38(43-30)45-53(49,50)29-11-5-10-26(12-29)37(47)48)51-21-27(13-33(46)39-16-24(17-39)18-39)40-19-28-20-41-36-31(42-28)14-32(52-36)25-8-4-9-25/h3,5-7,10-12,14-15,20,24-25,27,40H,4,8-9,13,16-19,21H2,1-2H3,(H,47,48)(H,43,44,45)/t24?,27-,39?/m1/s1. The molecule has 4 aliphatic carbocycles. The number of fused-ring (bicyclic) bond motifs is 1. The number of anilines is 1. The van der Waals surface area contributed by atoms with Gasteiger partial charge in [-0.3, -0.25) is 4.79 Å². The van der Waals surface area contributed by atoms with Crippen LogP contribution in [0.1, 0.15) is 83.8 Å². The number of Topliss-reactive ketones (excluding diaryl/α,β-unsaturated/α-hetero) is 1.